The van der Waals surface area contributed by atoms with E-state index in [2.05, 4.69) is 45.1 Å². The number of amides is 1. The van der Waals surface area contributed by atoms with Crippen LogP contribution in [0.25, 0.3) is 0 Å². The van der Waals surface area contributed by atoms with Crippen molar-refractivity contribution in [3.8, 4) is 0 Å². The number of esters is 1. The predicted molar refractivity (Wildman–Crippen MR) is 199 cm³/mol. The van der Waals surface area contributed by atoms with Crippen molar-refractivity contribution < 1.29 is 14.3 Å². The van der Waals surface area contributed by atoms with Crippen LogP contribution in [0, 0.1) is 0 Å². The van der Waals surface area contributed by atoms with Gasteiger partial charge in [0.15, 0.2) is 0 Å². The van der Waals surface area contributed by atoms with Gasteiger partial charge >= 0.3 is 5.97 Å². The molecule has 5 rings (SSSR count). The third kappa shape index (κ3) is 13.9. The molecule has 11 heteroatoms. The van der Waals surface area contributed by atoms with Crippen molar-refractivity contribution in [3.05, 3.63) is 98.5 Å². The molecule has 0 bridgehead atoms. The second kappa shape index (κ2) is 19.2. The van der Waals surface area contributed by atoms with Gasteiger partial charge in [0.25, 0.3) is 0 Å². The molecule has 0 saturated carbocycles. The number of thioether (sulfide) groups is 1. The van der Waals surface area contributed by atoms with E-state index in [1.54, 1.807) is 18.2 Å². The standard InChI is InChI=1S/C25H30Cl2N2O3S.C12H17ClN2/c1-25(2,3)32-24(31)18-6-9-22(21(27)14-18)33-16-23(30)28-20-10-12-29(13-11-20)15-17-4-7-19(26)8-5-17;13-11-3-1-10(2-4-11)9-15-12-5-7-14-8-6-12/h4-9,14,20H,10-13,15-16H2,1-3H3,(H,28,30);1-4,12,14-15H,5-9H2. The Morgan fingerprint density at radius 2 is 1.46 bits per heavy atom. The van der Waals surface area contributed by atoms with Crippen LogP contribution in [0.1, 0.15) is 67.9 Å². The van der Waals surface area contributed by atoms with E-state index in [4.69, 9.17) is 39.5 Å². The van der Waals surface area contributed by atoms with E-state index >= 15 is 0 Å². The third-order valence-electron chi connectivity index (χ3n) is 8.04. The molecule has 3 aromatic rings. The number of halogens is 3. The first-order valence-corrected chi connectivity index (χ1v) is 18.7. The van der Waals surface area contributed by atoms with Gasteiger partial charge in [0, 0.05) is 53.2 Å². The number of nitrogens with zero attached hydrogens (tertiary/aromatic N) is 1. The Hall–Kier alpha value is -2.30. The maximum absolute atomic E-state index is 12.5. The van der Waals surface area contributed by atoms with Crippen LogP contribution in [-0.4, -0.2) is 66.4 Å². The van der Waals surface area contributed by atoms with Gasteiger partial charge in [0.1, 0.15) is 5.60 Å². The fourth-order valence-electron chi connectivity index (χ4n) is 5.47. The first-order chi connectivity index (χ1) is 22.9. The van der Waals surface area contributed by atoms with Crippen LogP contribution in [0.3, 0.4) is 0 Å². The number of hydrogen-bond donors (Lipinski definition) is 3. The molecule has 2 fully saturated rings. The molecular formula is C37H47Cl3N4O3S. The number of nitrogens with one attached hydrogen (secondary N) is 3. The summed E-state index contributed by atoms with van der Waals surface area (Å²) in [5.41, 5.74) is 2.38. The molecule has 0 atom stereocenters. The average molecular weight is 734 g/mol. The zero-order valence-corrected chi connectivity index (χ0v) is 31.1. The fraction of sp³-hybridized carbons (Fsp3) is 0.459. The Bertz CT molecular complexity index is 1450. The molecule has 2 saturated heterocycles. The minimum atomic E-state index is -0.568. The SMILES string of the molecule is CC(C)(C)OC(=O)c1ccc(SCC(=O)NC2CCN(Cc3ccc(Cl)cc3)CC2)c(Cl)c1.Clc1ccc(CNC2CCNCC2)cc1. The van der Waals surface area contributed by atoms with E-state index < -0.39 is 11.6 Å². The highest BCUT2D eigenvalue weighted by molar-refractivity contribution is 8.00. The summed E-state index contributed by atoms with van der Waals surface area (Å²) in [4.78, 5) is 27.8. The molecule has 0 aliphatic carbocycles. The third-order valence-corrected chi connectivity index (χ3v) is 10.0. The number of piperidine rings is 2. The molecular weight excluding hydrogens is 687 g/mol. The average Bonchev–Trinajstić information content (AvgIpc) is 3.06. The van der Waals surface area contributed by atoms with Crippen molar-refractivity contribution in [2.45, 2.75) is 82.1 Å². The van der Waals surface area contributed by atoms with Crippen LogP contribution < -0.4 is 16.0 Å². The van der Waals surface area contributed by atoms with Crippen LogP contribution in [0.15, 0.2) is 71.6 Å². The molecule has 2 aliphatic rings. The normalized spacial score (nSPS) is 16.1. The number of likely N-dealkylation sites (tertiary alicyclic amines) is 1. The second-order valence-electron chi connectivity index (χ2n) is 13.2. The highest BCUT2D eigenvalue weighted by Crippen LogP contribution is 2.29. The number of carbonyl (C=O) groups is 2. The lowest BCUT2D eigenvalue weighted by Crippen LogP contribution is -2.44. The number of carbonyl (C=O) groups excluding carboxylic acids is 2. The predicted octanol–water partition coefficient (Wildman–Crippen LogP) is 8.00. The van der Waals surface area contributed by atoms with Crippen molar-refractivity contribution in [2.75, 3.05) is 31.9 Å². The number of benzene rings is 3. The summed E-state index contributed by atoms with van der Waals surface area (Å²) in [7, 11) is 0. The van der Waals surface area contributed by atoms with E-state index in [1.165, 1.54) is 35.7 Å². The van der Waals surface area contributed by atoms with Crippen molar-refractivity contribution in [1.29, 1.82) is 0 Å². The topological polar surface area (TPSA) is 82.7 Å². The van der Waals surface area contributed by atoms with E-state index in [0.717, 1.165) is 67.1 Å². The van der Waals surface area contributed by atoms with Crippen molar-refractivity contribution in [1.82, 2.24) is 20.9 Å². The summed E-state index contributed by atoms with van der Waals surface area (Å²) < 4.78 is 5.37. The second-order valence-corrected chi connectivity index (χ2v) is 15.5. The molecule has 3 aromatic carbocycles. The van der Waals surface area contributed by atoms with Gasteiger partial charge in [0.2, 0.25) is 5.91 Å². The molecule has 2 aliphatic heterocycles. The van der Waals surface area contributed by atoms with Gasteiger partial charge in [0.05, 0.1) is 16.3 Å². The molecule has 0 aromatic heterocycles. The van der Waals surface area contributed by atoms with Crippen LogP contribution in [-0.2, 0) is 22.6 Å². The Labute approximate surface area is 304 Å². The van der Waals surface area contributed by atoms with Gasteiger partial charge in [-0.1, -0.05) is 59.1 Å². The summed E-state index contributed by atoms with van der Waals surface area (Å²) in [6.45, 7) is 11.5. The van der Waals surface area contributed by atoms with E-state index in [9.17, 15) is 9.59 Å². The van der Waals surface area contributed by atoms with Crippen molar-refractivity contribution in [2.24, 2.45) is 0 Å². The Morgan fingerprint density at radius 1 is 0.854 bits per heavy atom. The molecule has 2 heterocycles. The molecule has 0 radical (unpaired) electrons. The molecule has 3 N–H and O–H groups in total. The van der Waals surface area contributed by atoms with E-state index in [0.29, 0.717) is 16.6 Å². The Balaban J connectivity index is 0.000000287. The van der Waals surface area contributed by atoms with Crippen LogP contribution in [0.4, 0.5) is 0 Å². The first kappa shape index (κ1) is 38.5. The summed E-state index contributed by atoms with van der Waals surface area (Å²) in [6, 6.07) is 21.9. The van der Waals surface area contributed by atoms with Gasteiger partial charge in [-0.05, 0) is 113 Å². The maximum Gasteiger partial charge on any atom is 0.338 e. The summed E-state index contributed by atoms with van der Waals surface area (Å²) >= 11 is 19.5. The lowest BCUT2D eigenvalue weighted by atomic mass is 10.0. The zero-order valence-electron chi connectivity index (χ0n) is 28.0. The lowest BCUT2D eigenvalue weighted by Gasteiger charge is -2.32. The highest BCUT2D eigenvalue weighted by atomic mass is 35.5. The van der Waals surface area contributed by atoms with Crippen molar-refractivity contribution >= 4 is 58.4 Å². The van der Waals surface area contributed by atoms with Crippen molar-refractivity contribution in [3.63, 3.8) is 0 Å². The summed E-state index contributed by atoms with van der Waals surface area (Å²) in [5.74, 6) is -0.152. The maximum atomic E-state index is 12.5. The van der Waals surface area contributed by atoms with E-state index in [-0.39, 0.29) is 17.7 Å². The first-order valence-electron chi connectivity index (χ1n) is 16.5. The molecule has 48 heavy (non-hydrogen) atoms. The Morgan fingerprint density at radius 3 is 2.04 bits per heavy atom. The quantitative estimate of drug-likeness (QED) is 0.144. The fourth-order valence-corrected chi connectivity index (χ4v) is 6.80. The number of rotatable bonds is 10. The lowest BCUT2D eigenvalue weighted by molar-refractivity contribution is -0.119. The molecule has 1 amide bonds. The van der Waals surface area contributed by atoms with Gasteiger partial charge in [-0.3, -0.25) is 9.69 Å². The van der Waals surface area contributed by atoms with Crippen LogP contribution in [0.2, 0.25) is 15.1 Å². The summed E-state index contributed by atoms with van der Waals surface area (Å²) in [6.07, 6.45) is 4.31. The van der Waals surface area contributed by atoms with Gasteiger partial charge < -0.3 is 20.7 Å². The smallest absolute Gasteiger partial charge is 0.338 e. The minimum Gasteiger partial charge on any atom is -0.456 e. The monoisotopic (exact) mass is 732 g/mol. The van der Waals surface area contributed by atoms with Crippen LogP contribution >= 0.6 is 46.6 Å². The molecule has 260 valence electrons. The Kier molecular flexibility index (Phi) is 15.4. The van der Waals surface area contributed by atoms with E-state index in [1.807, 2.05) is 45.0 Å². The highest BCUT2D eigenvalue weighted by Gasteiger charge is 2.22. The number of hydrogen-bond acceptors (Lipinski definition) is 7. The van der Waals surface area contributed by atoms with Crippen LogP contribution in [0.5, 0.6) is 0 Å². The minimum absolute atomic E-state index is 0.0107. The number of ether oxygens (including phenoxy) is 1. The zero-order chi connectivity index (χ0) is 34.5. The molecule has 0 spiro atoms. The van der Waals surface area contributed by atoms with Gasteiger partial charge in [-0.15, -0.1) is 11.8 Å². The summed E-state index contributed by atoms with van der Waals surface area (Å²) in [5, 5.41) is 12.1. The van der Waals surface area contributed by atoms with Gasteiger partial charge in [-0.2, -0.15) is 0 Å². The largest absolute Gasteiger partial charge is 0.456 e. The molecule has 7 nitrogen and oxygen atoms in total. The van der Waals surface area contributed by atoms with Gasteiger partial charge in [-0.25, -0.2) is 4.79 Å². The molecule has 0 unspecified atom stereocenters.